The summed E-state index contributed by atoms with van der Waals surface area (Å²) in [6, 6.07) is 8.69. The SMILES string of the molecule is CN1CC2C[C@@]1(C)[C@@H](F)[C@H]2Oc1ccc(-c2ccc(-n3ccnc3)cc2O)nn1. The number of phenols is 1. The summed E-state index contributed by atoms with van der Waals surface area (Å²) in [5.41, 5.74) is 1.40. The zero-order chi connectivity index (χ0) is 20.2. The van der Waals surface area contributed by atoms with E-state index in [1.54, 1.807) is 47.6 Å². The van der Waals surface area contributed by atoms with Gasteiger partial charge in [-0.3, -0.25) is 4.90 Å². The monoisotopic (exact) mass is 395 g/mol. The number of fused-ring (bicyclic) bond motifs is 2. The van der Waals surface area contributed by atoms with E-state index in [0.29, 0.717) is 17.1 Å². The summed E-state index contributed by atoms with van der Waals surface area (Å²) >= 11 is 0. The number of ether oxygens (including phenoxy) is 1. The molecular weight excluding hydrogens is 373 g/mol. The number of halogens is 1. The topological polar surface area (TPSA) is 76.3 Å². The Kier molecular flexibility index (Phi) is 4.06. The van der Waals surface area contributed by atoms with E-state index in [1.165, 1.54) is 0 Å². The highest BCUT2D eigenvalue weighted by molar-refractivity contribution is 5.68. The lowest BCUT2D eigenvalue weighted by molar-refractivity contribution is -0.0143. The van der Waals surface area contributed by atoms with Gasteiger partial charge in [-0.25, -0.2) is 9.37 Å². The fraction of sp³-hybridized carbons (Fsp3) is 0.381. The summed E-state index contributed by atoms with van der Waals surface area (Å²) in [7, 11) is 1.96. The molecule has 2 aromatic heterocycles. The van der Waals surface area contributed by atoms with Gasteiger partial charge in [0.2, 0.25) is 5.88 Å². The van der Waals surface area contributed by atoms with Gasteiger partial charge in [0.25, 0.3) is 0 Å². The van der Waals surface area contributed by atoms with E-state index in [4.69, 9.17) is 4.74 Å². The Balaban J connectivity index is 1.34. The zero-order valence-corrected chi connectivity index (χ0v) is 16.2. The number of aromatic nitrogens is 4. The molecule has 8 heteroatoms. The van der Waals surface area contributed by atoms with E-state index in [-0.39, 0.29) is 11.7 Å². The van der Waals surface area contributed by atoms with Crippen molar-refractivity contribution in [1.82, 2.24) is 24.6 Å². The molecule has 2 bridgehead atoms. The molecule has 1 saturated heterocycles. The van der Waals surface area contributed by atoms with E-state index in [1.807, 2.05) is 20.0 Å². The Morgan fingerprint density at radius 3 is 2.72 bits per heavy atom. The summed E-state index contributed by atoms with van der Waals surface area (Å²) in [6.07, 6.45) is 4.36. The first-order valence-corrected chi connectivity index (χ1v) is 9.63. The fourth-order valence-corrected chi connectivity index (χ4v) is 4.58. The molecule has 29 heavy (non-hydrogen) atoms. The van der Waals surface area contributed by atoms with Crippen molar-refractivity contribution >= 4 is 0 Å². The fourth-order valence-electron chi connectivity index (χ4n) is 4.58. The summed E-state index contributed by atoms with van der Waals surface area (Å²) in [5.74, 6) is 0.544. The van der Waals surface area contributed by atoms with Crippen LogP contribution in [0.15, 0.2) is 49.1 Å². The van der Waals surface area contributed by atoms with Gasteiger partial charge in [-0.15, -0.1) is 10.2 Å². The van der Waals surface area contributed by atoms with Gasteiger partial charge in [0.05, 0.1) is 23.2 Å². The standard InChI is InChI=1S/C21H22FN5O2/c1-21-10-13(11-26(21)2)19(20(21)22)29-18-6-5-16(24-25-18)15-4-3-14(9-17(15)28)27-8-7-23-12-27/h3-9,12-13,19-20,28H,10-11H2,1-2H3/t13?,19-,20-,21-/m0/s1. The molecule has 7 nitrogen and oxygen atoms in total. The molecular formula is C21H22FN5O2. The minimum absolute atomic E-state index is 0.0899. The van der Waals surface area contributed by atoms with Crippen LogP contribution in [0.25, 0.3) is 16.9 Å². The van der Waals surface area contributed by atoms with Crippen molar-refractivity contribution in [1.29, 1.82) is 0 Å². The number of rotatable bonds is 4. The molecule has 1 saturated carbocycles. The van der Waals surface area contributed by atoms with E-state index in [2.05, 4.69) is 20.1 Å². The van der Waals surface area contributed by atoms with E-state index in [0.717, 1.165) is 18.7 Å². The smallest absolute Gasteiger partial charge is 0.233 e. The quantitative estimate of drug-likeness (QED) is 0.732. The largest absolute Gasteiger partial charge is 0.507 e. The Labute approximate surface area is 167 Å². The highest BCUT2D eigenvalue weighted by Crippen LogP contribution is 2.48. The second-order valence-electron chi connectivity index (χ2n) is 8.11. The maximum Gasteiger partial charge on any atom is 0.233 e. The molecule has 3 heterocycles. The van der Waals surface area contributed by atoms with Crippen LogP contribution in [0, 0.1) is 5.92 Å². The molecule has 4 atom stereocenters. The average Bonchev–Trinajstić information content (AvgIpc) is 3.40. The van der Waals surface area contributed by atoms with Gasteiger partial charge in [-0.05, 0) is 38.6 Å². The summed E-state index contributed by atoms with van der Waals surface area (Å²) in [5, 5.41) is 18.7. The highest BCUT2D eigenvalue weighted by Gasteiger charge is 2.60. The lowest BCUT2D eigenvalue weighted by Crippen LogP contribution is -2.54. The van der Waals surface area contributed by atoms with Gasteiger partial charge in [0.1, 0.15) is 11.9 Å². The summed E-state index contributed by atoms with van der Waals surface area (Å²) in [4.78, 5) is 6.08. The van der Waals surface area contributed by atoms with Crippen molar-refractivity contribution in [3.8, 4) is 28.6 Å². The van der Waals surface area contributed by atoms with Crippen molar-refractivity contribution in [2.45, 2.75) is 31.2 Å². The van der Waals surface area contributed by atoms with Crippen molar-refractivity contribution in [2.75, 3.05) is 13.6 Å². The first-order chi connectivity index (χ1) is 14.0. The van der Waals surface area contributed by atoms with Crippen LogP contribution >= 0.6 is 0 Å². The van der Waals surface area contributed by atoms with Gasteiger partial charge in [0.15, 0.2) is 6.17 Å². The number of hydrogen-bond acceptors (Lipinski definition) is 6. The van der Waals surface area contributed by atoms with E-state index < -0.39 is 17.8 Å². The first-order valence-electron chi connectivity index (χ1n) is 9.63. The molecule has 1 aliphatic heterocycles. The molecule has 2 aliphatic rings. The predicted octanol–water partition coefficient (Wildman–Crippen LogP) is 2.84. The van der Waals surface area contributed by atoms with Crippen LogP contribution in [0.2, 0.25) is 0 Å². The molecule has 3 aromatic rings. The second kappa shape index (κ2) is 6.52. The number of alkyl halides is 1. The number of nitrogens with zero attached hydrogens (tertiary/aromatic N) is 5. The maximum absolute atomic E-state index is 14.9. The molecule has 0 spiro atoms. The minimum atomic E-state index is -1.06. The number of piperidine rings is 1. The van der Waals surface area contributed by atoms with Crippen LogP contribution in [0.5, 0.6) is 11.6 Å². The summed E-state index contributed by atoms with van der Waals surface area (Å²) < 4.78 is 22.6. The molecule has 5 rings (SSSR count). The van der Waals surface area contributed by atoms with Crippen LogP contribution in [-0.2, 0) is 0 Å². The van der Waals surface area contributed by atoms with Crippen molar-refractivity contribution in [3.05, 3.63) is 49.1 Å². The molecule has 1 aromatic carbocycles. The predicted molar refractivity (Wildman–Crippen MR) is 105 cm³/mol. The van der Waals surface area contributed by atoms with Crippen LogP contribution < -0.4 is 4.74 Å². The number of aromatic hydroxyl groups is 1. The van der Waals surface area contributed by atoms with E-state index in [9.17, 15) is 9.50 Å². The van der Waals surface area contributed by atoms with Gasteiger partial charge in [-0.2, -0.15) is 0 Å². The Morgan fingerprint density at radius 1 is 1.24 bits per heavy atom. The number of benzene rings is 1. The lowest BCUT2D eigenvalue weighted by atomic mass is 9.97. The van der Waals surface area contributed by atoms with Crippen LogP contribution in [0.1, 0.15) is 13.3 Å². The van der Waals surface area contributed by atoms with Crippen LogP contribution in [0.4, 0.5) is 4.39 Å². The molecule has 0 amide bonds. The van der Waals surface area contributed by atoms with Gasteiger partial charge < -0.3 is 14.4 Å². The molecule has 150 valence electrons. The minimum Gasteiger partial charge on any atom is -0.507 e. The number of imidazole rings is 1. The number of hydrogen-bond donors (Lipinski definition) is 1. The van der Waals surface area contributed by atoms with Crippen molar-refractivity contribution in [3.63, 3.8) is 0 Å². The second-order valence-corrected chi connectivity index (χ2v) is 8.11. The first kappa shape index (κ1) is 18.1. The molecule has 1 unspecified atom stereocenters. The molecule has 0 radical (unpaired) electrons. The summed E-state index contributed by atoms with van der Waals surface area (Å²) in [6.45, 7) is 2.77. The molecule has 2 fully saturated rings. The van der Waals surface area contributed by atoms with Crippen molar-refractivity contribution in [2.24, 2.45) is 5.92 Å². The maximum atomic E-state index is 14.9. The van der Waals surface area contributed by atoms with Crippen LogP contribution in [0.3, 0.4) is 0 Å². The van der Waals surface area contributed by atoms with Crippen LogP contribution in [-0.4, -0.2) is 61.2 Å². The molecule has 1 N–H and O–H groups in total. The Bertz CT molecular complexity index is 1030. The third-order valence-electron chi connectivity index (χ3n) is 6.36. The lowest BCUT2D eigenvalue weighted by Gasteiger charge is -2.38. The van der Waals surface area contributed by atoms with Gasteiger partial charge in [0, 0.05) is 42.6 Å². The number of likely N-dealkylation sites (tertiary alicyclic amines) is 1. The third-order valence-corrected chi connectivity index (χ3v) is 6.36. The average molecular weight is 395 g/mol. The Hall–Kier alpha value is -3.00. The molecule has 1 aliphatic carbocycles. The van der Waals surface area contributed by atoms with Crippen molar-refractivity contribution < 1.29 is 14.2 Å². The zero-order valence-electron chi connectivity index (χ0n) is 16.2. The van der Waals surface area contributed by atoms with Gasteiger partial charge >= 0.3 is 0 Å². The third kappa shape index (κ3) is 2.86. The van der Waals surface area contributed by atoms with E-state index >= 15 is 0 Å². The van der Waals surface area contributed by atoms with Gasteiger partial charge in [-0.1, -0.05) is 0 Å². The number of phenolic OH excluding ortho intramolecular Hbond substituents is 1. The normalized spacial score (nSPS) is 28.7. The highest BCUT2D eigenvalue weighted by atomic mass is 19.1. The Morgan fingerprint density at radius 2 is 2.10 bits per heavy atom.